The molecule has 0 radical (unpaired) electrons. The van der Waals surface area contributed by atoms with E-state index in [2.05, 4.69) is 32.4 Å². The Labute approximate surface area is 192 Å². The summed E-state index contributed by atoms with van der Waals surface area (Å²) in [5, 5.41) is 7.63. The van der Waals surface area contributed by atoms with E-state index in [4.69, 9.17) is 20.8 Å². The van der Waals surface area contributed by atoms with Gasteiger partial charge in [-0.2, -0.15) is 5.10 Å². The van der Waals surface area contributed by atoms with Crippen molar-refractivity contribution in [3.8, 4) is 5.75 Å². The van der Waals surface area contributed by atoms with Crippen molar-refractivity contribution in [2.45, 2.75) is 20.1 Å². The SMILES string of the molecule is Cc1cccc(Cn2ccc(NC(=O)c3ccc(COc4ccc(Br)cc4Cl)o3)n2)c1. The van der Waals surface area contributed by atoms with Crippen molar-refractivity contribution in [3.63, 3.8) is 0 Å². The van der Waals surface area contributed by atoms with Crippen molar-refractivity contribution < 1.29 is 13.9 Å². The van der Waals surface area contributed by atoms with Gasteiger partial charge in [0.15, 0.2) is 11.6 Å². The number of anilines is 1. The van der Waals surface area contributed by atoms with Gasteiger partial charge in [0, 0.05) is 16.7 Å². The summed E-state index contributed by atoms with van der Waals surface area (Å²) in [5.74, 6) is 1.29. The topological polar surface area (TPSA) is 69.3 Å². The normalized spacial score (nSPS) is 10.8. The van der Waals surface area contributed by atoms with E-state index in [-0.39, 0.29) is 18.3 Å². The zero-order valence-electron chi connectivity index (χ0n) is 16.6. The number of amides is 1. The fourth-order valence-corrected chi connectivity index (χ4v) is 3.74. The summed E-state index contributed by atoms with van der Waals surface area (Å²) in [6, 6.07) is 18.6. The van der Waals surface area contributed by atoms with Crippen molar-refractivity contribution in [2.75, 3.05) is 5.32 Å². The fourth-order valence-electron chi connectivity index (χ4n) is 3.01. The second-order valence-corrected chi connectivity index (χ2v) is 8.29. The van der Waals surface area contributed by atoms with Gasteiger partial charge in [-0.3, -0.25) is 9.48 Å². The Hall–Kier alpha value is -3.03. The molecule has 0 fully saturated rings. The molecule has 2 aromatic heterocycles. The molecule has 31 heavy (non-hydrogen) atoms. The Kier molecular flexibility index (Phi) is 6.44. The largest absolute Gasteiger partial charge is 0.484 e. The smallest absolute Gasteiger partial charge is 0.292 e. The third-order valence-electron chi connectivity index (χ3n) is 4.46. The van der Waals surface area contributed by atoms with Crippen LogP contribution in [0.3, 0.4) is 0 Å². The van der Waals surface area contributed by atoms with Gasteiger partial charge in [-0.05, 0) is 42.8 Å². The van der Waals surface area contributed by atoms with Crippen LogP contribution in [0.2, 0.25) is 5.02 Å². The number of aromatic nitrogens is 2. The molecule has 0 aliphatic carbocycles. The van der Waals surface area contributed by atoms with Crippen LogP contribution in [0, 0.1) is 6.92 Å². The number of ether oxygens (including phenoxy) is 1. The van der Waals surface area contributed by atoms with Crippen LogP contribution in [0.5, 0.6) is 5.75 Å². The van der Waals surface area contributed by atoms with Crippen molar-refractivity contribution in [1.82, 2.24) is 9.78 Å². The van der Waals surface area contributed by atoms with Crippen molar-refractivity contribution in [1.29, 1.82) is 0 Å². The van der Waals surface area contributed by atoms with E-state index in [1.54, 1.807) is 35.0 Å². The third-order valence-corrected chi connectivity index (χ3v) is 5.25. The third kappa shape index (κ3) is 5.57. The lowest BCUT2D eigenvalue weighted by atomic mass is 10.1. The molecule has 1 amide bonds. The van der Waals surface area contributed by atoms with Crippen LogP contribution in [0.25, 0.3) is 0 Å². The minimum absolute atomic E-state index is 0.153. The highest BCUT2D eigenvalue weighted by atomic mass is 79.9. The Morgan fingerprint density at radius 3 is 2.87 bits per heavy atom. The number of rotatable bonds is 7. The predicted octanol–water partition coefficient (Wildman–Crippen LogP) is 6.08. The van der Waals surface area contributed by atoms with E-state index in [0.29, 0.717) is 28.9 Å². The summed E-state index contributed by atoms with van der Waals surface area (Å²) in [4.78, 5) is 12.5. The summed E-state index contributed by atoms with van der Waals surface area (Å²) >= 11 is 9.49. The molecule has 4 rings (SSSR count). The minimum atomic E-state index is -0.381. The van der Waals surface area contributed by atoms with Gasteiger partial charge in [-0.15, -0.1) is 0 Å². The number of carbonyl (C=O) groups excluding carboxylic acids is 1. The van der Waals surface area contributed by atoms with Crippen molar-refractivity contribution in [3.05, 3.63) is 99.0 Å². The van der Waals surface area contributed by atoms with Crippen LogP contribution in [-0.4, -0.2) is 15.7 Å². The Bertz CT molecular complexity index is 1220. The standard InChI is InChI=1S/C23H19BrClN3O3/c1-15-3-2-4-16(11-15)13-28-10-9-22(27-28)26-23(29)21-8-6-18(31-21)14-30-20-7-5-17(24)12-19(20)25/h2-12H,13-14H2,1H3,(H,26,27,29). The van der Waals surface area contributed by atoms with Crippen LogP contribution >= 0.6 is 27.5 Å². The second kappa shape index (κ2) is 9.41. The molecule has 2 aromatic carbocycles. The minimum Gasteiger partial charge on any atom is -0.484 e. The number of carbonyl (C=O) groups is 1. The number of benzene rings is 2. The van der Waals surface area contributed by atoms with E-state index in [0.717, 1.165) is 10.0 Å². The van der Waals surface area contributed by atoms with E-state index < -0.39 is 0 Å². The number of nitrogens with zero attached hydrogens (tertiary/aromatic N) is 2. The summed E-state index contributed by atoms with van der Waals surface area (Å²) in [6.07, 6.45) is 1.82. The first kappa shape index (κ1) is 21.2. The van der Waals surface area contributed by atoms with Gasteiger partial charge in [-0.1, -0.05) is 57.4 Å². The maximum absolute atomic E-state index is 12.5. The lowest BCUT2D eigenvalue weighted by Gasteiger charge is -2.06. The predicted molar refractivity (Wildman–Crippen MR) is 123 cm³/mol. The number of halogens is 2. The summed E-state index contributed by atoms with van der Waals surface area (Å²) in [7, 11) is 0. The molecule has 0 aliphatic heterocycles. The average Bonchev–Trinajstić information content (AvgIpc) is 3.37. The van der Waals surface area contributed by atoms with Gasteiger partial charge in [0.25, 0.3) is 5.91 Å². The van der Waals surface area contributed by atoms with Gasteiger partial charge in [0.2, 0.25) is 0 Å². The number of hydrogen-bond donors (Lipinski definition) is 1. The highest BCUT2D eigenvalue weighted by molar-refractivity contribution is 9.10. The van der Waals surface area contributed by atoms with Gasteiger partial charge in [0.05, 0.1) is 11.6 Å². The number of nitrogens with one attached hydrogen (secondary N) is 1. The monoisotopic (exact) mass is 499 g/mol. The highest BCUT2D eigenvalue weighted by Gasteiger charge is 2.14. The van der Waals surface area contributed by atoms with Crippen molar-refractivity contribution >= 4 is 39.3 Å². The summed E-state index contributed by atoms with van der Waals surface area (Å²) < 4.78 is 13.9. The molecule has 0 unspecified atom stereocenters. The molecule has 0 spiro atoms. The van der Waals surface area contributed by atoms with Gasteiger partial charge in [-0.25, -0.2) is 0 Å². The molecule has 1 N–H and O–H groups in total. The molecular weight excluding hydrogens is 482 g/mol. The fraction of sp³-hybridized carbons (Fsp3) is 0.130. The average molecular weight is 501 g/mol. The molecule has 0 atom stereocenters. The lowest BCUT2D eigenvalue weighted by Crippen LogP contribution is -2.12. The molecule has 0 saturated heterocycles. The van der Waals surface area contributed by atoms with Gasteiger partial charge in [0.1, 0.15) is 18.1 Å². The molecule has 2 heterocycles. The Balaban J connectivity index is 1.34. The van der Waals surface area contributed by atoms with Crippen LogP contribution in [0.4, 0.5) is 5.82 Å². The first-order valence-corrected chi connectivity index (χ1v) is 10.7. The molecular formula is C23H19BrClN3O3. The Morgan fingerprint density at radius 2 is 2.06 bits per heavy atom. The number of furan rings is 1. The van der Waals surface area contributed by atoms with E-state index in [1.807, 2.05) is 37.4 Å². The van der Waals surface area contributed by atoms with Gasteiger partial charge < -0.3 is 14.5 Å². The van der Waals surface area contributed by atoms with Crippen LogP contribution < -0.4 is 10.1 Å². The van der Waals surface area contributed by atoms with Gasteiger partial charge >= 0.3 is 0 Å². The molecule has 4 aromatic rings. The van der Waals surface area contributed by atoms with Crippen molar-refractivity contribution in [2.24, 2.45) is 0 Å². The summed E-state index contributed by atoms with van der Waals surface area (Å²) in [5.41, 5.74) is 2.33. The molecule has 0 bridgehead atoms. The number of aryl methyl sites for hydroxylation is 1. The first-order valence-electron chi connectivity index (χ1n) is 9.53. The van der Waals surface area contributed by atoms with E-state index in [9.17, 15) is 4.79 Å². The zero-order valence-corrected chi connectivity index (χ0v) is 19.0. The van der Waals surface area contributed by atoms with Crippen LogP contribution in [0.15, 0.2) is 75.8 Å². The second-order valence-electron chi connectivity index (χ2n) is 6.97. The lowest BCUT2D eigenvalue weighted by molar-refractivity contribution is 0.0992. The molecule has 0 aliphatic rings. The molecule has 8 heteroatoms. The molecule has 0 saturated carbocycles. The maximum Gasteiger partial charge on any atom is 0.292 e. The Morgan fingerprint density at radius 1 is 1.19 bits per heavy atom. The van der Waals surface area contributed by atoms with E-state index in [1.165, 1.54) is 5.56 Å². The van der Waals surface area contributed by atoms with E-state index >= 15 is 0 Å². The number of hydrogen-bond acceptors (Lipinski definition) is 4. The zero-order chi connectivity index (χ0) is 21.8. The quantitative estimate of drug-likeness (QED) is 0.334. The van der Waals surface area contributed by atoms with Crippen LogP contribution in [0.1, 0.15) is 27.4 Å². The maximum atomic E-state index is 12.5. The molecule has 6 nitrogen and oxygen atoms in total. The van der Waals surface area contributed by atoms with Crippen LogP contribution in [-0.2, 0) is 13.2 Å². The first-order chi connectivity index (χ1) is 15.0. The highest BCUT2D eigenvalue weighted by Crippen LogP contribution is 2.28. The summed E-state index contributed by atoms with van der Waals surface area (Å²) in [6.45, 7) is 2.83. The molecule has 158 valence electrons.